The Morgan fingerprint density at radius 2 is 1.88 bits per heavy atom. The number of methoxy groups -OCH3 is 2. The monoisotopic (exact) mass is 329 g/mol. The van der Waals surface area contributed by atoms with E-state index in [2.05, 4.69) is 0 Å². The molecule has 1 atom stereocenters. The van der Waals surface area contributed by atoms with Crippen LogP contribution in [-0.4, -0.2) is 26.9 Å². The van der Waals surface area contributed by atoms with Crippen LogP contribution >= 0.6 is 0 Å². The number of carbonyl (C=O) groups is 1. The molecule has 6 heteroatoms. The minimum absolute atomic E-state index is 0.389. The molecule has 2 N–H and O–H groups in total. The van der Waals surface area contributed by atoms with E-state index in [1.165, 1.54) is 0 Å². The van der Waals surface area contributed by atoms with Crippen molar-refractivity contribution in [1.82, 2.24) is 0 Å². The van der Waals surface area contributed by atoms with E-state index < -0.39 is 6.09 Å². The summed E-state index contributed by atoms with van der Waals surface area (Å²) in [5.74, 6) is 2.07. The molecule has 3 rings (SSSR count). The lowest BCUT2D eigenvalue weighted by Gasteiger charge is -2.26. The van der Waals surface area contributed by atoms with Gasteiger partial charge in [-0.3, -0.25) is 0 Å². The van der Waals surface area contributed by atoms with Crippen LogP contribution < -0.4 is 19.9 Å². The molecule has 0 saturated heterocycles. The van der Waals surface area contributed by atoms with Gasteiger partial charge in [-0.1, -0.05) is 18.2 Å². The summed E-state index contributed by atoms with van der Waals surface area (Å²) in [5.41, 5.74) is 7.68. The summed E-state index contributed by atoms with van der Waals surface area (Å²) in [6.07, 6.45) is -0.601. The molecule has 2 aromatic rings. The molecular formula is C18H19NO5. The number of hydrogen-bond acceptors (Lipinski definition) is 5. The number of carbonyl (C=O) groups excluding carboxylic acids is 1. The molecule has 0 bridgehead atoms. The molecule has 0 radical (unpaired) electrons. The predicted octanol–water partition coefficient (Wildman–Crippen LogP) is 3.29. The van der Waals surface area contributed by atoms with Crippen molar-refractivity contribution in [2.75, 3.05) is 20.8 Å². The van der Waals surface area contributed by atoms with Crippen molar-refractivity contribution in [2.45, 2.75) is 12.5 Å². The molecule has 2 aromatic carbocycles. The number of amides is 1. The molecular weight excluding hydrogens is 310 g/mol. The number of ether oxygens (including phenoxy) is 4. The minimum Gasteiger partial charge on any atom is -0.496 e. The second-order valence-corrected chi connectivity index (χ2v) is 5.35. The molecule has 0 fully saturated rings. The zero-order chi connectivity index (χ0) is 17.1. The average Bonchev–Trinajstić information content (AvgIpc) is 2.60. The maximum Gasteiger partial charge on any atom is 0.405 e. The zero-order valence-corrected chi connectivity index (χ0v) is 13.6. The van der Waals surface area contributed by atoms with E-state index in [-0.39, 0.29) is 6.10 Å². The summed E-state index contributed by atoms with van der Waals surface area (Å²) in [7, 11) is 3.23. The molecule has 1 unspecified atom stereocenters. The third-order valence-electron chi connectivity index (χ3n) is 3.97. The van der Waals surface area contributed by atoms with Gasteiger partial charge in [-0.2, -0.15) is 0 Å². The van der Waals surface area contributed by atoms with Crippen molar-refractivity contribution in [3.05, 3.63) is 42.0 Å². The molecule has 1 heterocycles. The number of primary amides is 1. The van der Waals surface area contributed by atoms with Crippen LogP contribution in [0.5, 0.6) is 17.2 Å². The van der Waals surface area contributed by atoms with Crippen molar-refractivity contribution < 1.29 is 23.7 Å². The Balaban J connectivity index is 2.05. The molecule has 126 valence electrons. The first-order valence-electron chi connectivity index (χ1n) is 7.58. The standard InChI is InChI=1S/C18H19NO5/c1-21-14-4-3-5-15(22-2)17(14)11-6-7-12-13(24-18(19)20)8-9-23-16(12)10-11/h3-7,10,13H,8-9H2,1-2H3,(H2,19,20). The van der Waals surface area contributed by atoms with Gasteiger partial charge in [-0.15, -0.1) is 0 Å². The number of fused-ring (bicyclic) bond motifs is 1. The lowest BCUT2D eigenvalue weighted by atomic mass is 9.97. The van der Waals surface area contributed by atoms with E-state index in [9.17, 15) is 4.79 Å². The normalized spacial score (nSPS) is 15.8. The highest BCUT2D eigenvalue weighted by Gasteiger charge is 2.25. The Hall–Kier alpha value is -2.89. The summed E-state index contributed by atoms with van der Waals surface area (Å²) >= 11 is 0. The lowest BCUT2D eigenvalue weighted by molar-refractivity contribution is 0.0766. The second-order valence-electron chi connectivity index (χ2n) is 5.35. The first kappa shape index (κ1) is 16.0. The smallest absolute Gasteiger partial charge is 0.405 e. The fourth-order valence-corrected chi connectivity index (χ4v) is 2.91. The molecule has 1 amide bonds. The van der Waals surface area contributed by atoms with E-state index in [1.54, 1.807) is 14.2 Å². The van der Waals surface area contributed by atoms with Crippen LogP contribution in [0, 0.1) is 0 Å². The summed E-state index contributed by atoms with van der Waals surface area (Å²) in [4.78, 5) is 11.1. The van der Waals surface area contributed by atoms with Gasteiger partial charge in [0.25, 0.3) is 0 Å². The van der Waals surface area contributed by atoms with E-state index in [4.69, 9.17) is 24.7 Å². The highest BCUT2D eigenvalue weighted by molar-refractivity contribution is 5.78. The highest BCUT2D eigenvalue weighted by atomic mass is 16.6. The summed E-state index contributed by atoms with van der Waals surface area (Å²) in [6.45, 7) is 0.456. The Bertz CT molecular complexity index is 737. The SMILES string of the molecule is COc1cccc(OC)c1-c1ccc2c(c1)OCCC2OC(N)=O. The van der Waals surface area contributed by atoms with Crippen molar-refractivity contribution >= 4 is 6.09 Å². The number of benzene rings is 2. The van der Waals surface area contributed by atoms with E-state index in [0.717, 1.165) is 16.7 Å². The minimum atomic E-state index is -0.789. The number of nitrogens with two attached hydrogens (primary N) is 1. The average molecular weight is 329 g/mol. The molecule has 1 aliphatic heterocycles. The van der Waals surface area contributed by atoms with Crippen LogP contribution in [0.2, 0.25) is 0 Å². The van der Waals surface area contributed by atoms with Gasteiger partial charge in [0.05, 0.1) is 26.4 Å². The Kier molecular flexibility index (Phi) is 4.46. The van der Waals surface area contributed by atoms with Crippen molar-refractivity contribution in [1.29, 1.82) is 0 Å². The second kappa shape index (κ2) is 6.70. The topological polar surface area (TPSA) is 80.0 Å². The number of hydrogen-bond donors (Lipinski definition) is 1. The molecule has 0 spiro atoms. The lowest BCUT2D eigenvalue weighted by Crippen LogP contribution is -2.22. The fourth-order valence-electron chi connectivity index (χ4n) is 2.91. The summed E-state index contributed by atoms with van der Waals surface area (Å²) in [5, 5.41) is 0. The van der Waals surface area contributed by atoms with Crippen molar-refractivity contribution in [3.8, 4) is 28.4 Å². The van der Waals surface area contributed by atoms with Gasteiger partial charge in [-0.05, 0) is 23.8 Å². The van der Waals surface area contributed by atoms with E-state index >= 15 is 0 Å². The van der Waals surface area contributed by atoms with Gasteiger partial charge >= 0.3 is 6.09 Å². The molecule has 24 heavy (non-hydrogen) atoms. The van der Waals surface area contributed by atoms with Crippen LogP contribution in [0.3, 0.4) is 0 Å². The number of rotatable bonds is 4. The van der Waals surface area contributed by atoms with Crippen LogP contribution in [0.1, 0.15) is 18.1 Å². The molecule has 1 aliphatic rings. The van der Waals surface area contributed by atoms with Gasteiger partial charge in [0.15, 0.2) is 0 Å². The van der Waals surface area contributed by atoms with Gasteiger partial charge in [0.2, 0.25) is 0 Å². The fraction of sp³-hybridized carbons (Fsp3) is 0.278. The zero-order valence-electron chi connectivity index (χ0n) is 13.6. The Labute approximate surface area is 140 Å². The third-order valence-corrected chi connectivity index (χ3v) is 3.97. The van der Waals surface area contributed by atoms with E-state index in [1.807, 2.05) is 36.4 Å². The van der Waals surface area contributed by atoms with Crippen LogP contribution in [0.15, 0.2) is 36.4 Å². The first-order valence-corrected chi connectivity index (χ1v) is 7.58. The predicted molar refractivity (Wildman–Crippen MR) is 88.5 cm³/mol. The Morgan fingerprint density at radius 1 is 1.17 bits per heavy atom. The summed E-state index contributed by atoms with van der Waals surface area (Å²) < 4.78 is 21.8. The largest absolute Gasteiger partial charge is 0.496 e. The molecule has 0 aromatic heterocycles. The maximum absolute atomic E-state index is 11.1. The van der Waals surface area contributed by atoms with Crippen LogP contribution in [0.25, 0.3) is 11.1 Å². The molecule has 0 saturated carbocycles. The van der Waals surface area contributed by atoms with Crippen LogP contribution in [-0.2, 0) is 4.74 Å². The first-order chi connectivity index (χ1) is 11.6. The van der Waals surface area contributed by atoms with Gasteiger partial charge < -0.3 is 24.7 Å². The van der Waals surface area contributed by atoms with Gasteiger partial charge in [0, 0.05) is 12.0 Å². The van der Waals surface area contributed by atoms with E-state index in [0.29, 0.717) is 30.3 Å². The Morgan fingerprint density at radius 3 is 2.50 bits per heavy atom. The van der Waals surface area contributed by atoms with Gasteiger partial charge in [0.1, 0.15) is 23.4 Å². The van der Waals surface area contributed by atoms with Crippen molar-refractivity contribution in [3.63, 3.8) is 0 Å². The van der Waals surface area contributed by atoms with Gasteiger partial charge in [-0.25, -0.2) is 4.79 Å². The molecule has 0 aliphatic carbocycles. The molecule has 6 nitrogen and oxygen atoms in total. The van der Waals surface area contributed by atoms with Crippen LogP contribution in [0.4, 0.5) is 4.79 Å². The third kappa shape index (κ3) is 2.95. The summed E-state index contributed by atoms with van der Waals surface area (Å²) in [6, 6.07) is 11.3. The maximum atomic E-state index is 11.1. The van der Waals surface area contributed by atoms with Crippen molar-refractivity contribution in [2.24, 2.45) is 5.73 Å². The highest BCUT2D eigenvalue weighted by Crippen LogP contribution is 2.42. The quantitative estimate of drug-likeness (QED) is 0.931.